The lowest BCUT2D eigenvalue weighted by molar-refractivity contribution is -0.145. The molecule has 0 spiro atoms. The van der Waals surface area contributed by atoms with Gasteiger partial charge in [-0.3, -0.25) is 14.5 Å². The van der Waals surface area contributed by atoms with E-state index < -0.39 is 0 Å². The number of nitrogens with zero attached hydrogens (tertiary/aromatic N) is 3. The molecule has 0 aromatic heterocycles. The molecule has 6 heteroatoms. The van der Waals surface area contributed by atoms with E-state index >= 15 is 0 Å². The van der Waals surface area contributed by atoms with Crippen molar-refractivity contribution in [2.75, 3.05) is 52.4 Å². The Morgan fingerprint density at radius 1 is 1.08 bits per heavy atom. The van der Waals surface area contributed by atoms with Crippen LogP contribution in [0.5, 0.6) is 0 Å². The van der Waals surface area contributed by atoms with E-state index in [9.17, 15) is 9.59 Å². The molecule has 26 heavy (non-hydrogen) atoms. The monoisotopic (exact) mass is 362 g/mol. The highest BCUT2D eigenvalue weighted by molar-refractivity contribution is 5.78. The van der Waals surface area contributed by atoms with Crippen LogP contribution in [0, 0.1) is 11.8 Å². The number of hydrogen-bond acceptors (Lipinski definition) is 4. The summed E-state index contributed by atoms with van der Waals surface area (Å²) in [6.07, 6.45) is 7.87. The van der Waals surface area contributed by atoms with Crippen molar-refractivity contribution in [3.8, 4) is 0 Å². The van der Waals surface area contributed by atoms with Gasteiger partial charge < -0.3 is 15.1 Å². The van der Waals surface area contributed by atoms with Crippen molar-refractivity contribution in [3.05, 3.63) is 0 Å². The zero-order valence-corrected chi connectivity index (χ0v) is 16.0. The Hall–Kier alpha value is -1.14. The molecule has 4 rings (SSSR count). The van der Waals surface area contributed by atoms with Gasteiger partial charge in [0.25, 0.3) is 0 Å². The van der Waals surface area contributed by atoms with Crippen LogP contribution in [0.4, 0.5) is 0 Å². The van der Waals surface area contributed by atoms with Crippen LogP contribution in [0.15, 0.2) is 0 Å². The fraction of sp³-hybridized carbons (Fsp3) is 0.900. The molecule has 0 radical (unpaired) electrons. The topological polar surface area (TPSA) is 55.9 Å². The Bertz CT molecular complexity index is 520. The Balaban J connectivity index is 1.19. The van der Waals surface area contributed by atoms with E-state index in [1.807, 2.05) is 0 Å². The highest BCUT2D eigenvalue weighted by Crippen LogP contribution is 2.37. The largest absolute Gasteiger partial charge is 0.355 e. The maximum Gasteiger partial charge on any atom is 0.234 e. The minimum absolute atomic E-state index is 0.169. The van der Waals surface area contributed by atoms with Crippen LogP contribution in [-0.2, 0) is 9.59 Å². The van der Waals surface area contributed by atoms with E-state index in [0.29, 0.717) is 30.3 Å². The average molecular weight is 363 g/mol. The van der Waals surface area contributed by atoms with Crippen molar-refractivity contribution in [1.82, 2.24) is 20.0 Å². The summed E-state index contributed by atoms with van der Waals surface area (Å²) in [4.78, 5) is 31.5. The number of carbonyl (C=O) groups excluding carboxylic acids is 2. The van der Waals surface area contributed by atoms with Crippen molar-refractivity contribution in [2.24, 2.45) is 11.8 Å². The second-order valence-corrected chi connectivity index (χ2v) is 8.81. The summed E-state index contributed by atoms with van der Waals surface area (Å²) in [5.74, 6) is 1.65. The lowest BCUT2D eigenvalue weighted by Gasteiger charge is -2.52. The molecule has 0 aromatic carbocycles. The number of fused-ring (bicyclic) bond motifs is 4. The van der Waals surface area contributed by atoms with Gasteiger partial charge in [-0.25, -0.2) is 0 Å². The van der Waals surface area contributed by atoms with Crippen LogP contribution in [0.1, 0.15) is 44.9 Å². The van der Waals surface area contributed by atoms with Crippen molar-refractivity contribution in [1.29, 1.82) is 0 Å². The van der Waals surface area contributed by atoms with Gasteiger partial charge in [0, 0.05) is 38.6 Å². The van der Waals surface area contributed by atoms with E-state index in [1.165, 1.54) is 32.4 Å². The first-order valence-corrected chi connectivity index (χ1v) is 10.7. The summed E-state index contributed by atoms with van der Waals surface area (Å²) in [7, 11) is 0. The van der Waals surface area contributed by atoms with Crippen molar-refractivity contribution in [3.63, 3.8) is 0 Å². The number of piperidine rings is 3. The summed E-state index contributed by atoms with van der Waals surface area (Å²) in [5.41, 5.74) is 0. The second-order valence-electron chi connectivity index (χ2n) is 8.81. The molecule has 146 valence electrons. The van der Waals surface area contributed by atoms with E-state index in [-0.39, 0.29) is 5.91 Å². The summed E-state index contributed by atoms with van der Waals surface area (Å²) in [6, 6.07) is 0.429. The fourth-order valence-electron chi connectivity index (χ4n) is 5.64. The third-order valence-electron chi connectivity index (χ3n) is 6.79. The minimum atomic E-state index is 0.169. The number of amides is 2. The van der Waals surface area contributed by atoms with Gasteiger partial charge in [-0.15, -0.1) is 0 Å². The lowest BCUT2D eigenvalue weighted by Crippen LogP contribution is -2.61. The van der Waals surface area contributed by atoms with Gasteiger partial charge in [-0.1, -0.05) is 0 Å². The molecule has 4 saturated heterocycles. The molecule has 4 aliphatic heterocycles. The molecule has 3 atom stereocenters. The smallest absolute Gasteiger partial charge is 0.234 e. The molecule has 4 heterocycles. The predicted octanol–water partition coefficient (Wildman–Crippen LogP) is 0.921. The van der Waals surface area contributed by atoms with E-state index in [1.54, 1.807) is 0 Å². The Morgan fingerprint density at radius 3 is 2.77 bits per heavy atom. The molecule has 2 amide bonds. The van der Waals surface area contributed by atoms with E-state index in [2.05, 4.69) is 20.0 Å². The molecule has 4 aliphatic rings. The minimum Gasteiger partial charge on any atom is -0.355 e. The first kappa shape index (κ1) is 18.2. The maximum absolute atomic E-state index is 12.3. The first-order valence-electron chi connectivity index (χ1n) is 10.7. The number of likely N-dealkylation sites (tertiary alicyclic amines) is 2. The summed E-state index contributed by atoms with van der Waals surface area (Å²) < 4.78 is 0. The van der Waals surface area contributed by atoms with Crippen LogP contribution in [-0.4, -0.2) is 84.9 Å². The van der Waals surface area contributed by atoms with E-state index in [4.69, 9.17) is 0 Å². The molecular formula is C20H34N4O2. The predicted molar refractivity (Wildman–Crippen MR) is 101 cm³/mol. The third kappa shape index (κ3) is 4.22. The Labute approximate surface area is 157 Å². The van der Waals surface area contributed by atoms with Crippen LogP contribution < -0.4 is 5.32 Å². The Morgan fingerprint density at radius 2 is 1.92 bits per heavy atom. The molecule has 1 N–H and O–H groups in total. The Kier molecular flexibility index (Phi) is 5.79. The zero-order chi connectivity index (χ0) is 17.9. The molecule has 0 aromatic rings. The van der Waals surface area contributed by atoms with Gasteiger partial charge in [0.15, 0.2) is 0 Å². The molecule has 0 aliphatic carbocycles. The number of nitrogens with one attached hydrogen (secondary N) is 1. The van der Waals surface area contributed by atoms with Crippen LogP contribution in [0.2, 0.25) is 0 Å². The van der Waals surface area contributed by atoms with Crippen molar-refractivity contribution >= 4 is 11.8 Å². The average Bonchev–Trinajstić information content (AvgIpc) is 3.13. The number of carbonyl (C=O) groups is 2. The van der Waals surface area contributed by atoms with Crippen molar-refractivity contribution < 1.29 is 9.59 Å². The normalized spacial score (nSPS) is 32.5. The van der Waals surface area contributed by atoms with Gasteiger partial charge in [0.1, 0.15) is 0 Å². The third-order valence-corrected chi connectivity index (χ3v) is 6.79. The number of hydrogen-bond donors (Lipinski definition) is 1. The molecule has 4 fully saturated rings. The fourth-order valence-corrected chi connectivity index (χ4v) is 5.64. The first-order chi connectivity index (χ1) is 12.7. The molecule has 0 saturated carbocycles. The van der Waals surface area contributed by atoms with Crippen LogP contribution in [0.25, 0.3) is 0 Å². The van der Waals surface area contributed by atoms with Gasteiger partial charge in [0.2, 0.25) is 11.8 Å². The molecular weight excluding hydrogens is 328 g/mol. The molecule has 2 bridgehead atoms. The summed E-state index contributed by atoms with van der Waals surface area (Å²) in [6.45, 7) is 7.74. The zero-order valence-electron chi connectivity index (χ0n) is 16.0. The van der Waals surface area contributed by atoms with Gasteiger partial charge in [-0.05, 0) is 70.0 Å². The molecule has 2 unspecified atom stereocenters. The second kappa shape index (κ2) is 8.26. The van der Waals surface area contributed by atoms with Crippen molar-refractivity contribution in [2.45, 2.75) is 51.0 Å². The maximum atomic E-state index is 12.3. The highest BCUT2D eigenvalue weighted by atomic mass is 16.2. The van der Waals surface area contributed by atoms with E-state index in [0.717, 1.165) is 58.4 Å². The summed E-state index contributed by atoms with van der Waals surface area (Å²) >= 11 is 0. The SMILES string of the molecule is O=C(CN1CC2CC(C1)[C@H]1CCCC(=O)N1C2)NCCCN1CCCC1. The van der Waals surface area contributed by atoms with Gasteiger partial charge >= 0.3 is 0 Å². The standard InChI is InChI=1S/C20H34N4O2/c25-19(21-7-4-10-22-8-1-2-9-22)15-23-12-16-11-17(14-23)18-5-3-6-20(26)24(18)13-16/h16-18H,1-15H2,(H,21,25)/t16?,17?,18-/m1/s1. The number of rotatable bonds is 6. The quantitative estimate of drug-likeness (QED) is 0.714. The van der Waals surface area contributed by atoms with Gasteiger partial charge in [0.05, 0.1) is 6.54 Å². The van der Waals surface area contributed by atoms with Crippen LogP contribution in [0.3, 0.4) is 0 Å². The van der Waals surface area contributed by atoms with Crippen LogP contribution >= 0.6 is 0 Å². The molecule has 6 nitrogen and oxygen atoms in total. The lowest BCUT2D eigenvalue weighted by atomic mass is 9.76. The summed E-state index contributed by atoms with van der Waals surface area (Å²) in [5, 5.41) is 3.11. The van der Waals surface area contributed by atoms with Gasteiger partial charge in [-0.2, -0.15) is 0 Å². The highest BCUT2D eigenvalue weighted by Gasteiger charge is 2.43.